The average Bonchev–Trinajstić information content (AvgIpc) is 2.73. The van der Waals surface area contributed by atoms with Gasteiger partial charge in [-0.25, -0.2) is 16.8 Å². The molecule has 0 saturated heterocycles. The third kappa shape index (κ3) is 3.97. The zero-order valence-corrected chi connectivity index (χ0v) is 19.0. The topological polar surface area (TPSA) is 83.6 Å². The van der Waals surface area contributed by atoms with E-state index in [0.29, 0.717) is 28.8 Å². The van der Waals surface area contributed by atoms with Gasteiger partial charge in [0.2, 0.25) is 0 Å². The molecule has 9 heteroatoms. The Morgan fingerprint density at radius 1 is 0.867 bits per heavy atom. The van der Waals surface area contributed by atoms with Crippen LogP contribution >= 0.6 is 15.9 Å². The second-order valence-electron chi connectivity index (χ2n) is 6.87. The Kier molecular flexibility index (Phi) is 5.61. The van der Waals surface area contributed by atoms with Gasteiger partial charge in [-0.1, -0.05) is 36.4 Å². The van der Waals surface area contributed by atoms with E-state index in [2.05, 4.69) is 20.7 Å². The van der Waals surface area contributed by atoms with Crippen LogP contribution in [0, 0.1) is 0 Å². The van der Waals surface area contributed by atoms with E-state index in [1.54, 1.807) is 66.7 Å². The van der Waals surface area contributed by atoms with Crippen molar-refractivity contribution in [1.29, 1.82) is 0 Å². The van der Waals surface area contributed by atoms with Crippen LogP contribution in [-0.2, 0) is 26.5 Å². The van der Waals surface area contributed by atoms with Gasteiger partial charge in [0.1, 0.15) is 4.90 Å². The minimum atomic E-state index is -3.84. The lowest BCUT2D eigenvalue weighted by Gasteiger charge is -2.31. The smallest absolute Gasteiger partial charge is 0.264 e. The molecule has 3 aromatic rings. The summed E-state index contributed by atoms with van der Waals surface area (Å²) in [5, 5.41) is 0. The van der Waals surface area contributed by atoms with Crippen molar-refractivity contribution in [2.45, 2.75) is 22.6 Å². The molecule has 1 aliphatic rings. The summed E-state index contributed by atoms with van der Waals surface area (Å²) in [5.74, 6) is 0. The Balaban J connectivity index is 1.72. The Hall–Kier alpha value is -2.36. The summed E-state index contributed by atoms with van der Waals surface area (Å²) in [6.45, 7) is 0.338. The lowest BCUT2D eigenvalue weighted by molar-refractivity contribution is 0.586. The molecule has 1 heterocycles. The van der Waals surface area contributed by atoms with Gasteiger partial charge in [0.25, 0.3) is 20.0 Å². The average molecular weight is 507 g/mol. The molecule has 0 radical (unpaired) electrons. The summed E-state index contributed by atoms with van der Waals surface area (Å²) in [7, 11) is -7.59. The molecule has 0 fully saturated rings. The van der Waals surface area contributed by atoms with E-state index in [-0.39, 0.29) is 9.79 Å². The first-order chi connectivity index (χ1) is 14.3. The van der Waals surface area contributed by atoms with Gasteiger partial charge in [-0.2, -0.15) is 0 Å². The molecule has 0 spiro atoms. The Morgan fingerprint density at radius 3 is 2.30 bits per heavy atom. The fourth-order valence-electron chi connectivity index (χ4n) is 3.45. The first-order valence-corrected chi connectivity index (χ1v) is 13.0. The molecule has 0 unspecified atom stereocenters. The monoisotopic (exact) mass is 506 g/mol. The van der Waals surface area contributed by atoms with Crippen LogP contribution in [0.3, 0.4) is 0 Å². The molecule has 3 aromatic carbocycles. The molecule has 0 saturated carbocycles. The first kappa shape index (κ1) is 20.9. The molecule has 156 valence electrons. The van der Waals surface area contributed by atoms with Gasteiger partial charge in [-0.3, -0.25) is 9.03 Å². The van der Waals surface area contributed by atoms with Gasteiger partial charge in [-0.05, 0) is 70.7 Å². The summed E-state index contributed by atoms with van der Waals surface area (Å²) in [6, 6.07) is 19.8. The highest BCUT2D eigenvalue weighted by atomic mass is 79.9. The molecule has 30 heavy (non-hydrogen) atoms. The van der Waals surface area contributed by atoms with Crippen molar-refractivity contribution in [3.05, 3.63) is 82.8 Å². The maximum atomic E-state index is 13.2. The van der Waals surface area contributed by atoms with Crippen LogP contribution in [0.25, 0.3) is 0 Å². The molecule has 1 N–H and O–H groups in total. The van der Waals surface area contributed by atoms with Gasteiger partial charge >= 0.3 is 0 Å². The quantitative estimate of drug-likeness (QED) is 0.555. The maximum Gasteiger partial charge on any atom is 0.264 e. The fraction of sp³-hybridized carbons (Fsp3) is 0.143. The number of hydrogen-bond donors (Lipinski definition) is 1. The van der Waals surface area contributed by atoms with Crippen molar-refractivity contribution in [2.24, 2.45) is 0 Å². The molecule has 0 aliphatic carbocycles. The molecular weight excluding hydrogens is 488 g/mol. The standard InChI is InChI=1S/C21H19BrN2O4S2/c22-19-10-4-5-11-21(19)29(25,26)23-17-13-12-16-7-6-14-24(20(16)15-17)30(27,28)18-8-2-1-3-9-18/h1-5,8-13,15,23H,6-7,14H2. The Labute approximate surface area is 184 Å². The molecule has 1 aliphatic heterocycles. The highest BCUT2D eigenvalue weighted by Crippen LogP contribution is 2.35. The number of benzene rings is 3. The van der Waals surface area contributed by atoms with E-state index in [0.717, 1.165) is 12.0 Å². The van der Waals surface area contributed by atoms with E-state index in [1.807, 2.05) is 0 Å². The van der Waals surface area contributed by atoms with Gasteiger partial charge < -0.3 is 0 Å². The van der Waals surface area contributed by atoms with Gasteiger partial charge in [0, 0.05) is 11.0 Å². The normalized spacial score (nSPS) is 14.2. The summed E-state index contributed by atoms with van der Waals surface area (Å²) < 4.78 is 56.4. The highest BCUT2D eigenvalue weighted by molar-refractivity contribution is 9.10. The number of nitrogens with zero attached hydrogens (tertiary/aromatic N) is 1. The highest BCUT2D eigenvalue weighted by Gasteiger charge is 2.29. The third-order valence-corrected chi connectivity index (χ3v) is 9.09. The number of rotatable bonds is 5. The van der Waals surface area contributed by atoms with Crippen molar-refractivity contribution in [1.82, 2.24) is 0 Å². The molecule has 6 nitrogen and oxygen atoms in total. The number of sulfonamides is 2. The van der Waals surface area contributed by atoms with Crippen LogP contribution in [0.5, 0.6) is 0 Å². The molecule has 0 amide bonds. The third-order valence-electron chi connectivity index (χ3n) is 4.87. The second kappa shape index (κ2) is 8.05. The number of nitrogens with one attached hydrogen (secondary N) is 1. The SMILES string of the molecule is O=S(=O)(Nc1ccc2c(c1)N(S(=O)(=O)c1ccccc1)CCC2)c1ccccc1Br. The minimum Gasteiger partial charge on any atom is -0.280 e. The summed E-state index contributed by atoms with van der Waals surface area (Å²) in [6.07, 6.45) is 1.43. The number of hydrogen-bond acceptors (Lipinski definition) is 4. The summed E-state index contributed by atoms with van der Waals surface area (Å²) in [5.41, 5.74) is 1.67. The lowest BCUT2D eigenvalue weighted by Crippen LogP contribution is -2.35. The van der Waals surface area contributed by atoms with E-state index >= 15 is 0 Å². The Bertz CT molecular complexity index is 1290. The van der Waals surface area contributed by atoms with E-state index < -0.39 is 20.0 Å². The number of anilines is 2. The van der Waals surface area contributed by atoms with Gasteiger partial charge in [0.15, 0.2) is 0 Å². The number of fused-ring (bicyclic) bond motifs is 1. The summed E-state index contributed by atoms with van der Waals surface area (Å²) >= 11 is 3.26. The van der Waals surface area contributed by atoms with Crippen molar-refractivity contribution >= 4 is 47.4 Å². The second-order valence-corrected chi connectivity index (χ2v) is 11.2. The van der Waals surface area contributed by atoms with E-state index in [1.165, 1.54) is 10.4 Å². The first-order valence-electron chi connectivity index (χ1n) is 9.27. The van der Waals surface area contributed by atoms with Gasteiger partial charge in [-0.15, -0.1) is 0 Å². The van der Waals surface area contributed by atoms with Crippen LogP contribution in [0.15, 0.2) is 87.1 Å². The number of aryl methyl sites for hydroxylation is 1. The maximum absolute atomic E-state index is 13.2. The molecule has 0 bridgehead atoms. The van der Waals surface area contributed by atoms with Crippen LogP contribution < -0.4 is 9.03 Å². The van der Waals surface area contributed by atoms with Crippen LogP contribution in [-0.4, -0.2) is 23.4 Å². The zero-order chi connectivity index (χ0) is 21.4. The van der Waals surface area contributed by atoms with Crippen LogP contribution in [0.4, 0.5) is 11.4 Å². The van der Waals surface area contributed by atoms with Crippen LogP contribution in [0.2, 0.25) is 0 Å². The van der Waals surface area contributed by atoms with Crippen molar-refractivity contribution < 1.29 is 16.8 Å². The minimum absolute atomic E-state index is 0.108. The van der Waals surface area contributed by atoms with E-state index in [4.69, 9.17) is 0 Å². The fourth-order valence-corrected chi connectivity index (χ4v) is 7.05. The van der Waals surface area contributed by atoms with Crippen molar-refractivity contribution in [2.75, 3.05) is 15.6 Å². The van der Waals surface area contributed by atoms with Crippen LogP contribution in [0.1, 0.15) is 12.0 Å². The van der Waals surface area contributed by atoms with Crippen molar-refractivity contribution in [3.63, 3.8) is 0 Å². The molecule has 0 atom stereocenters. The molecule has 0 aromatic heterocycles. The zero-order valence-electron chi connectivity index (χ0n) is 15.8. The Morgan fingerprint density at radius 2 is 1.57 bits per heavy atom. The number of halogens is 1. The molecular formula is C21H19BrN2O4S2. The predicted octanol–water partition coefficient (Wildman–Crippen LogP) is 4.39. The van der Waals surface area contributed by atoms with Crippen molar-refractivity contribution in [3.8, 4) is 0 Å². The largest absolute Gasteiger partial charge is 0.280 e. The summed E-state index contributed by atoms with van der Waals surface area (Å²) in [4.78, 5) is 0.313. The van der Waals surface area contributed by atoms with Gasteiger partial charge in [0.05, 0.1) is 16.3 Å². The predicted molar refractivity (Wildman–Crippen MR) is 121 cm³/mol. The van der Waals surface area contributed by atoms with E-state index in [9.17, 15) is 16.8 Å². The lowest BCUT2D eigenvalue weighted by atomic mass is 10.0. The molecule has 4 rings (SSSR count).